The van der Waals surface area contributed by atoms with Gasteiger partial charge in [-0.05, 0) is 48.6 Å². The van der Waals surface area contributed by atoms with Crippen LogP contribution in [0.1, 0.15) is 79.2 Å². The Kier molecular flexibility index (Phi) is 8.73. The second kappa shape index (κ2) is 11.9. The number of ether oxygens (including phenoxy) is 2. The maximum absolute atomic E-state index is 13.5. The molecule has 2 aliphatic rings. The van der Waals surface area contributed by atoms with Crippen LogP contribution in [0.2, 0.25) is 0 Å². The number of methoxy groups -OCH3 is 1. The number of aliphatic imine (C=N–C) groups is 1. The van der Waals surface area contributed by atoms with E-state index in [0.29, 0.717) is 43.6 Å². The van der Waals surface area contributed by atoms with E-state index in [1.165, 1.54) is 4.90 Å². The van der Waals surface area contributed by atoms with Crippen molar-refractivity contribution in [3.8, 4) is 0 Å². The molecule has 1 aliphatic heterocycles. The molecule has 1 heterocycles. The molecule has 0 radical (unpaired) electrons. The first-order valence-corrected chi connectivity index (χ1v) is 13.6. The lowest BCUT2D eigenvalue weighted by Gasteiger charge is -2.40. The van der Waals surface area contributed by atoms with Crippen molar-refractivity contribution in [3.05, 3.63) is 70.8 Å². The van der Waals surface area contributed by atoms with Crippen LogP contribution < -0.4 is 11.1 Å². The Bertz CT molecular complexity index is 1220. The summed E-state index contributed by atoms with van der Waals surface area (Å²) in [5, 5.41) is 14.1. The van der Waals surface area contributed by atoms with Crippen LogP contribution in [-0.2, 0) is 20.7 Å². The molecule has 210 valence electrons. The van der Waals surface area contributed by atoms with E-state index in [1.54, 1.807) is 32.2 Å². The van der Waals surface area contributed by atoms with Gasteiger partial charge in [0.2, 0.25) is 5.91 Å². The molecule has 2 unspecified atom stereocenters. The van der Waals surface area contributed by atoms with Gasteiger partial charge in [0.25, 0.3) is 5.91 Å². The van der Waals surface area contributed by atoms with Crippen molar-refractivity contribution in [3.63, 3.8) is 0 Å². The van der Waals surface area contributed by atoms with Crippen LogP contribution in [0.4, 0.5) is 0 Å². The summed E-state index contributed by atoms with van der Waals surface area (Å²) < 4.78 is 11.0. The average molecular weight is 537 g/mol. The molecule has 4 N–H and O–H groups in total. The molecule has 2 aromatic carbocycles. The van der Waals surface area contributed by atoms with E-state index in [0.717, 1.165) is 11.1 Å². The summed E-state index contributed by atoms with van der Waals surface area (Å²) in [6.45, 7) is 6.67. The number of nitrogens with zero attached hydrogens (tertiary/aromatic N) is 2. The normalized spacial score (nSPS) is 22.8. The fourth-order valence-electron chi connectivity index (χ4n) is 5.61. The Morgan fingerprint density at radius 2 is 1.92 bits per heavy atom. The number of hydrogen-bond acceptors (Lipinski definition) is 7. The van der Waals surface area contributed by atoms with E-state index in [-0.39, 0.29) is 30.8 Å². The zero-order valence-corrected chi connectivity index (χ0v) is 23.3. The number of rotatable bonds is 11. The lowest BCUT2D eigenvalue weighted by atomic mass is 9.87. The van der Waals surface area contributed by atoms with Crippen LogP contribution in [0, 0.1) is 0 Å². The van der Waals surface area contributed by atoms with E-state index >= 15 is 0 Å². The van der Waals surface area contributed by atoms with Gasteiger partial charge in [0.05, 0.1) is 49.5 Å². The molecular weight excluding hydrogens is 496 g/mol. The molecular formula is C30H40N4O5. The quantitative estimate of drug-likeness (QED) is 0.379. The highest BCUT2D eigenvalue weighted by Crippen LogP contribution is 2.39. The minimum absolute atomic E-state index is 0.125. The highest BCUT2D eigenvalue weighted by Gasteiger charge is 2.43. The maximum Gasteiger partial charge on any atom is 0.251 e. The van der Waals surface area contributed by atoms with Crippen LogP contribution in [0.5, 0.6) is 0 Å². The molecule has 39 heavy (non-hydrogen) atoms. The number of nitrogens with one attached hydrogen (secondary N) is 1. The van der Waals surface area contributed by atoms with E-state index in [4.69, 9.17) is 20.2 Å². The Balaban J connectivity index is 1.62. The van der Waals surface area contributed by atoms with Gasteiger partial charge in [0.1, 0.15) is 0 Å². The Hall–Kier alpha value is -3.27. The van der Waals surface area contributed by atoms with Gasteiger partial charge >= 0.3 is 0 Å². The molecule has 0 saturated carbocycles. The second-order valence-electron chi connectivity index (χ2n) is 10.7. The van der Waals surface area contributed by atoms with Gasteiger partial charge in [-0.25, -0.2) is 4.99 Å². The third-order valence-electron chi connectivity index (χ3n) is 8.03. The molecule has 2 aromatic rings. The number of benzene rings is 2. The van der Waals surface area contributed by atoms with Crippen LogP contribution >= 0.6 is 0 Å². The molecule has 0 fully saturated rings. The molecule has 0 bridgehead atoms. The number of guanidine groups is 1. The lowest BCUT2D eigenvalue weighted by Crippen LogP contribution is -2.53. The molecule has 9 heteroatoms. The Morgan fingerprint density at radius 1 is 1.18 bits per heavy atom. The summed E-state index contributed by atoms with van der Waals surface area (Å²) in [4.78, 5) is 33.1. The van der Waals surface area contributed by atoms with Gasteiger partial charge in [-0.15, -0.1) is 0 Å². The van der Waals surface area contributed by atoms with Crippen LogP contribution in [0.3, 0.4) is 0 Å². The monoisotopic (exact) mass is 536 g/mol. The molecule has 2 amide bonds. The number of fused-ring (bicyclic) bond motifs is 1. The van der Waals surface area contributed by atoms with Gasteiger partial charge in [0.15, 0.2) is 5.96 Å². The number of carbonyl (C=O) groups is 2. The molecule has 3 atom stereocenters. The zero-order chi connectivity index (χ0) is 28.2. The lowest BCUT2D eigenvalue weighted by molar-refractivity contribution is -0.132. The second-order valence-corrected chi connectivity index (χ2v) is 10.7. The minimum Gasteiger partial charge on any atom is -0.387 e. The maximum atomic E-state index is 13.5. The van der Waals surface area contributed by atoms with Gasteiger partial charge in [-0.3, -0.25) is 14.5 Å². The van der Waals surface area contributed by atoms with Gasteiger partial charge in [-0.2, -0.15) is 0 Å². The van der Waals surface area contributed by atoms with Gasteiger partial charge in [0, 0.05) is 19.1 Å². The van der Waals surface area contributed by atoms with Crippen molar-refractivity contribution in [1.29, 1.82) is 0 Å². The van der Waals surface area contributed by atoms with Gasteiger partial charge < -0.3 is 25.6 Å². The number of amides is 2. The predicted octanol–water partition coefficient (Wildman–Crippen LogP) is 3.27. The zero-order valence-electron chi connectivity index (χ0n) is 23.3. The van der Waals surface area contributed by atoms with Crippen molar-refractivity contribution >= 4 is 17.8 Å². The summed E-state index contributed by atoms with van der Waals surface area (Å²) >= 11 is 0. The average Bonchev–Trinajstić information content (AvgIpc) is 3.18. The highest BCUT2D eigenvalue weighted by atomic mass is 16.5. The smallest absolute Gasteiger partial charge is 0.251 e. The third-order valence-corrected chi connectivity index (χ3v) is 8.03. The van der Waals surface area contributed by atoms with Gasteiger partial charge in [-0.1, -0.05) is 50.2 Å². The molecule has 4 rings (SSSR count). The van der Waals surface area contributed by atoms with E-state index in [1.807, 2.05) is 44.2 Å². The largest absolute Gasteiger partial charge is 0.387 e. The Morgan fingerprint density at radius 3 is 2.62 bits per heavy atom. The number of nitrogens with two attached hydrogens (primary N) is 1. The van der Waals surface area contributed by atoms with E-state index in [2.05, 4.69) is 5.32 Å². The SMILES string of the molecule is CCC1(CC)CC(=O)N([C@H](COCCOC)c2cccc(C(=O)NC3c4ccccc4CC3(C)O)c2)C(N)=N1. The third kappa shape index (κ3) is 6.00. The fourth-order valence-corrected chi connectivity index (χ4v) is 5.61. The molecule has 0 saturated heterocycles. The first-order chi connectivity index (χ1) is 18.6. The van der Waals surface area contributed by atoms with Crippen molar-refractivity contribution in [2.45, 2.75) is 69.7 Å². The van der Waals surface area contributed by atoms with Crippen molar-refractivity contribution in [2.24, 2.45) is 10.7 Å². The van der Waals surface area contributed by atoms with Crippen LogP contribution in [0.15, 0.2) is 53.5 Å². The molecule has 1 aliphatic carbocycles. The first-order valence-electron chi connectivity index (χ1n) is 13.6. The predicted molar refractivity (Wildman–Crippen MR) is 149 cm³/mol. The number of hydrogen-bond donors (Lipinski definition) is 3. The highest BCUT2D eigenvalue weighted by molar-refractivity contribution is 6.00. The summed E-state index contributed by atoms with van der Waals surface area (Å²) in [5.41, 5.74) is 7.84. The fraction of sp³-hybridized carbons (Fsp3) is 0.500. The van der Waals surface area contributed by atoms with Crippen LogP contribution in [0.25, 0.3) is 0 Å². The number of carbonyl (C=O) groups excluding carboxylic acids is 2. The topological polar surface area (TPSA) is 126 Å². The summed E-state index contributed by atoms with van der Waals surface area (Å²) in [6.07, 6.45) is 2.14. The standard InChI is InChI=1S/C30H40N4O5/c1-5-30(6-2)18-25(35)34(28(31)33-30)24(19-39-15-14-38-4)20-11-9-12-21(16-20)27(36)32-26-23-13-8-7-10-22(23)17-29(26,3)37/h7-13,16,24,26,37H,5-6,14-15,17-19H2,1-4H3,(H2,31,33)(H,32,36)/t24-,26?,29?/m1/s1. The van der Waals surface area contributed by atoms with Crippen molar-refractivity contribution < 1.29 is 24.2 Å². The summed E-state index contributed by atoms with van der Waals surface area (Å²) in [7, 11) is 1.59. The molecule has 0 spiro atoms. The Labute approximate surface area is 230 Å². The van der Waals surface area contributed by atoms with Crippen LogP contribution in [-0.4, -0.2) is 65.9 Å². The van der Waals surface area contributed by atoms with E-state index < -0.39 is 23.2 Å². The summed E-state index contributed by atoms with van der Waals surface area (Å²) in [6, 6.07) is 13.7. The van der Waals surface area contributed by atoms with E-state index in [9.17, 15) is 14.7 Å². The van der Waals surface area contributed by atoms with Crippen molar-refractivity contribution in [2.75, 3.05) is 26.9 Å². The first kappa shape index (κ1) is 28.7. The molecule has 9 nitrogen and oxygen atoms in total. The molecule has 0 aromatic heterocycles. The number of aliphatic hydroxyl groups is 1. The van der Waals surface area contributed by atoms with Crippen molar-refractivity contribution in [1.82, 2.24) is 10.2 Å². The minimum atomic E-state index is -1.11. The summed E-state index contributed by atoms with van der Waals surface area (Å²) in [5.74, 6) is -0.288.